The van der Waals surface area contributed by atoms with Gasteiger partial charge in [-0.15, -0.1) is 0 Å². The summed E-state index contributed by atoms with van der Waals surface area (Å²) >= 11 is 0. The molecule has 0 bridgehead atoms. The number of nitrogens with two attached hydrogens (primary N) is 1. The molecule has 0 amide bonds. The second-order valence-corrected chi connectivity index (χ2v) is 3.86. The molecular weight excluding hydrogens is 210 g/mol. The average Bonchev–Trinajstić information content (AvgIpc) is 2.22. The zero-order chi connectivity index (χ0) is 11.9. The number of benzene rings is 1. The van der Waals surface area contributed by atoms with Crippen LogP contribution in [-0.4, -0.2) is 4.98 Å². The summed E-state index contributed by atoms with van der Waals surface area (Å²) in [5, 5.41) is 0.768. The van der Waals surface area contributed by atoms with E-state index in [1.165, 1.54) is 6.07 Å². The molecule has 0 aliphatic carbocycles. The van der Waals surface area contributed by atoms with E-state index in [1.807, 2.05) is 26.0 Å². The monoisotopic (exact) mass is 222 g/mol. The second-order valence-electron chi connectivity index (χ2n) is 3.86. The molecule has 1 aromatic heterocycles. The van der Waals surface area contributed by atoms with Gasteiger partial charge < -0.3 is 5.73 Å². The highest BCUT2D eigenvalue weighted by atomic mass is 19.3. The molecule has 4 heteroatoms. The summed E-state index contributed by atoms with van der Waals surface area (Å²) in [6.45, 7) is 3.73. The summed E-state index contributed by atoms with van der Waals surface area (Å²) in [5.41, 5.74) is 8.26. The zero-order valence-corrected chi connectivity index (χ0v) is 9.09. The van der Waals surface area contributed by atoms with E-state index < -0.39 is 6.43 Å². The number of halogens is 2. The SMILES string of the molecule is Cc1ccc(C)c2c(N)cc(C(F)F)nc12. The van der Waals surface area contributed by atoms with Gasteiger partial charge in [0, 0.05) is 11.1 Å². The largest absolute Gasteiger partial charge is 0.398 e. The Morgan fingerprint density at radius 1 is 1.19 bits per heavy atom. The Kier molecular flexibility index (Phi) is 2.50. The van der Waals surface area contributed by atoms with Crippen LogP contribution < -0.4 is 5.73 Å². The lowest BCUT2D eigenvalue weighted by molar-refractivity contribution is 0.146. The molecule has 16 heavy (non-hydrogen) atoms. The molecule has 0 spiro atoms. The van der Waals surface area contributed by atoms with Gasteiger partial charge >= 0.3 is 0 Å². The highest BCUT2D eigenvalue weighted by Gasteiger charge is 2.14. The number of aryl methyl sites for hydroxylation is 2. The van der Waals surface area contributed by atoms with Gasteiger partial charge in [0.25, 0.3) is 6.43 Å². The quantitative estimate of drug-likeness (QED) is 0.803. The van der Waals surface area contributed by atoms with Crippen molar-refractivity contribution in [2.45, 2.75) is 20.3 Å². The first-order valence-corrected chi connectivity index (χ1v) is 4.95. The number of pyridine rings is 1. The summed E-state index contributed by atoms with van der Waals surface area (Å²) in [4.78, 5) is 3.97. The Hall–Kier alpha value is -1.71. The summed E-state index contributed by atoms with van der Waals surface area (Å²) in [6, 6.07) is 5.02. The number of aromatic nitrogens is 1. The van der Waals surface area contributed by atoms with Crippen LogP contribution in [-0.2, 0) is 0 Å². The third kappa shape index (κ3) is 1.60. The van der Waals surface area contributed by atoms with E-state index in [1.54, 1.807) is 0 Å². The van der Waals surface area contributed by atoms with Crippen molar-refractivity contribution in [3.05, 3.63) is 35.0 Å². The average molecular weight is 222 g/mol. The number of rotatable bonds is 1. The standard InChI is InChI=1S/C12H12F2N2/c1-6-3-4-7(2)11-10(6)8(15)5-9(16-11)12(13)14/h3-5,12H,1-2H3,(H2,15,16). The molecule has 2 rings (SSSR count). The van der Waals surface area contributed by atoms with E-state index in [4.69, 9.17) is 5.73 Å². The maximum Gasteiger partial charge on any atom is 0.280 e. The van der Waals surface area contributed by atoms with E-state index in [0.717, 1.165) is 16.5 Å². The van der Waals surface area contributed by atoms with Crippen molar-refractivity contribution < 1.29 is 8.78 Å². The van der Waals surface area contributed by atoms with Crippen LogP contribution in [0, 0.1) is 13.8 Å². The molecule has 0 unspecified atom stereocenters. The lowest BCUT2D eigenvalue weighted by atomic mass is 10.0. The van der Waals surface area contributed by atoms with Gasteiger partial charge in [0.05, 0.1) is 5.52 Å². The molecule has 2 aromatic rings. The molecule has 1 heterocycles. The predicted molar refractivity (Wildman–Crippen MR) is 60.6 cm³/mol. The van der Waals surface area contributed by atoms with Crippen LogP contribution in [0.25, 0.3) is 10.9 Å². The van der Waals surface area contributed by atoms with Gasteiger partial charge in [-0.1, -0.05) is 12.1 Å². The molecule has 0 fully saturated rings. The van der Waals surface area contributed by atoms with Crippen LogP contribution in [0.4, 0.5) is 14.5 Å². The molecule has 0 aliphatic rings. The van der Waals surface area contributed by atoms with E-state index in [2.05, 4.69) is 4.98 Å². The van der Waals surface area contributed by atoms with Gasteiger partial charge in [-0.25, -0.2) is 13.8 Å². The highest BCUT2D eigenvalue weighted by molar-refractivity contribution is 5.94. The molecule has 84 valence electrons. The topological polar surface area (TPSA) is 38.9 Å². The summed E-state index contributed by atoms with van der Waals surface area (Å²) in [7, 11) is 0. The third-order valence-corrected chi connectivity index (χ3v) is 2.64. The van der Waals surface area contributed by atoms with Crippen molar-refractivity contribution in [2.75, 3.05) is 5.73 Å². The Balaban J connectivity index is 2.86. The molecule has 2 nitrogen and oxygen atoms in total. The van der Waals surface area contributed by atoms with Crippen molar-refractivity contribution in [3.8, 4) is 0 Å². The number of hydrogen-bond donors (Lipinski definition) is 1. The van der Waals surface area contributed by atoms with Gasteiger partial charge in [0.15, 0.2) is 0 Å². The first-order chi connectivity index (χ1) is 7.50. The van der Waals surface area contributed by atoms with Gasteiger partial charge in [0.1, 0.15) is 5.69 Å². The van der Waals surface area contributed by atoms with Crippen LogP contribution in [0.1, 0.15) is 23.2 Å². The number of hydrogen-bond acceptors (Lipinski definition) is 2. The third-order valence-electron chi connectivity index (χ3n) is 2.64. The normalized spacial score (nSPS) is 11.3. The van der Waals surface area contributed by atoms with Crippen LogP contribution in [0.2, 0.25) is 0 Å². The first-order valence-electron chi connectivity index (χ1n) is 4.95. The van der Waals surface area contributed by atoms with E-state index in [9.17, 15) is 8.78 Å². The number of alkyl halides is 2. The van der Waals surface area contributed by atoms with Crippen molar-refractivity contribution in [2.24, 2.45) is 0 Å². The Bertz CT molecular complexity index is 550. The molecule has 1 aromatic carbocycles. The number of nitrogens with zero attached hydrogens (tertiary/aromatic N) is 1. The molecular formula is C12H12F2N2. The minimum Gasteiger partial charge on any atom is -0.398 e. The van der Waals surface area contributed by atoms with Crippen molar-refractivity contribution in [1.29, 1.82) is 0 Å². The van der Waals surface area contributed by atoms with Gasteiger partial charge in [-0.3, -0.25) is 0 Å². The Morgan fingerprint density at radius 2 is 1.81 bits per heavy atom. The molecule has 0 aliphatic heterocycles. The van der Waals surface area contributed by atoms with Crippen molar-refractivity contribution in [3.63, 3.8) is 0 Å². The predicted octanol–water partition coefficient (Wildman–Crippen LogP) is 3.37. The Morgan fingerprint density at radius 3 is 2.44 bits per heavy atom. The Labute approximate surface area is 92.1 Å². The molecule has 0 atom stereocenters. The minimum atomic E-state index is -2.59. The molecule has 0 saturated heterocycles. The fourth-order valence-corrected chi connectivity index (χ4v) is 1.81. The number of nitrogen functional groups attached to an aromatic ring is 1. The maximum absolute atomic E-state index is 12.6. The van der Waals surface area contributed by atoms with Crippen LogP contribution in [0.5, 0.6) is 0 Å². The minimum absolute atomic E-state index is 0.265. The number of anilines is 1. The summed E-state index contributed by atoms with van der Waals surface area (Å²) < 4.78 is 25.2. The number of fused-ring (bicyclic) bond motifs is 1. The van der Waals surface area contributed by atoms with E-state index in [0.29, 0.717) is 11.2 Å². The van der Waals surface area contributed by atoms with Gasteiger partial charge in [-0.2, -0.15) is 0 Å². The highest BCUT2D eigenvalue weighted by Crippen LogP contribution is 2.29. The smallest absolute Gasteiger partial charge is 0.280 e. The summed E-state index contributed by atoms with van der Waals surface area (Å²) in [6.07, 6.45) is -2.59. The zero-order valence-electron chi connectivity index (χ0n) is 9.09. The first kappa shape index (κ1) is 10.8. The lowest BCUT2D eigenvalue weighted by Gasteiger charge is -2.10. The van der Waals surface area contributed by atoms with E-state index in [-0.39, 0.29) is 5.69 Å². The van der Waals surface area contributed by atoms with Gasteiger partial charge in [0.2, 0.25) is 0 Å². The maximum atomic E-state index is 12.6. The van der Waals surface area contributed by atoms with Crippen LogP contribution >= 0.6 is 0 Å². The molecule has 0 radical (unpaired) electrons. The molecule has 0 saturated carbocycles. The fraction of sp³-hybridized carbons (Fsp3) is 0.250. The van der Waals surface area contributed by atoms with Gasteiger partial charge in [-0.05, 0) is 31.0 Å². The summed E-state index contributed by atoms with van der Waals surface area (Å²) in [5.74, 6) is 0. The van der Waals surface area contributed by atoms with Crippen LogP contribution in [0.15, 0.2) is 18.2 Å². The molecule has 2 N–H and O–H groups in total. The fourth-order valence-electron chi connectivity index (χ4n) is 1.81. The second kappa shape index (κ2) is 3.70. The van der Waals surface area contributed by atoms with Crippen molar-refractivity contribution >= 4 is 16.6 Å². The van der Waals surface area contributed by atoms with Crippen LogP contribution in [0.3, 0.4) is 0 Å². The lowest BCUT2D eigenvalue weighted by Crippen LogP contribution is -1.98. The van der Waals surface area contributed by atoms with Crippen molar-refractivity contribution in [1.82, 2.24) is 4.98 Å². The van der Waals surface area contributed by atoms with E-state index >= 15 is 0 Å².